The number of allylic oxidation sites excluding steroid dienone is 7. The van der Waals surface area contributed by atoms with E-state index in [9.17, 15) is 4.79 Å². The number of rotatable bonds is 8. The maximum atomic E-state index is 12.0. The fraction of sp³-hybridized carbons (Fsp3) is 0.559. The van der Waals surface area contributed by atoms with Crippen LogP contribution in [0.1, 0.15) is 112 Å². The number of thioether (sulfide) groups is 1. The molecule has 4 heteroatoms. The van der Waals surface area contributed by atoms with Crippen LogP contribution in [0.2, 0.25) is 0 Å². The number of Topliss-reactive ketones (excluding diaryl/α,β-unsaturated/α-hetero) is 1. The van der Waals surface area contributed by atoms with Gasteiger partial charge in [0.25, 0.3) is 0 Å². The summed E-state index contributed by atoms with van der Waals surface area (Å²) < 4.78 is 0. The lowest BCUT2D eigenvalue weighted by atomic mass is 9.82. The van der Waals surface area contributed by atoms with E-state index in [1.807, 2.05) is 32.5 Å². The number of hydrogen-bond donors (Lipinski definition) is 2. The fourth-order valence-electron chi connectivity index (χ4n) is 3.78. The second-order valence-electron chi connectivity index (χ2n) is 10.6. The Kier molecular flexibility index (Phi) is 16.9. The Bertz CT molecular complexity index is 922. The van der Waals surface area contributed by atoms with Gasteiger partial charge in [0.05, 0.1) is 5.70 Å². The molecule has 1 aliphatic heterocycles. The van der Waals surface area contributed by atoms with Crippen LogP contribution in [-0.2, 0) is 10.2 Å². The molecule has 0 aromatic heterocycles. The summed E-state index contributed by atoms with van der Waals surface area (Å²) >= 11 is 1.82. The van der Waals surface area contributed by atoms with Crippen molar-refractivity contribution in [1.82, 2.24) is 5.32 Å². The van der Waals surface area contributed by atoms with E-state index in [2.05, 4.69) is 92.3 Å². The van der Waals surface area contributed by atoms with Gasteiger partial charge >= 0.3 is 0 Å². The molecule has 0 bridgehead atoms. The molecule has 1 aromatic carbocycles. The largest absolute Gasteiger partial charge is 0.380 e. The van der Waals surface area contributed by atoms with Crippen LogP contribution in [0.4, 0.5) is 5.69 Å². The molecule has 212 valence electrons. The van der Waals surface area contributed by atoms with Crippen molar-refractivity contribution < 1.29 is 4.79 Å². The molecule has 4 rings (SSSR count). The number of ketones is 1. The fourth-order valence-corrected chi connectivity index (χ4v) is 4.63. The third kappa shape index (κ3) is 13.0. The van der Waals surface area contributed by atoms with E-state index in [0.29, 0.717) is 10.9 Å². The van der Waals surface area contributed by atoms with Crippen molar-refractivity contribution in [2.45, 2.75) is 117 Å². The molecule has 1 saturated carbocycles. The quantitative estimate of drug-likeness (QED) is 0.323. The topological polar surface area (TPSA) is 41.1 Å². The van der Waals surface area contributed by atoms with Crippen molar-refractivity contribution in [3.05, 3.63) is 76.5 Å². The van der Waals surface area contributed by atoms with Crippen LogP contribution in [-0.4, -0.2) is 17.6 Å². The summed E-state index contributed by atoms with van der Waals surface area (Å²) in [5, 5.41) is 9.35. The average molecular weight is 539 g/mol. The van der Waals surface area contributed by atoms with E-state index in [0.717, 1.165) is 30.8 Å². The van der Waals surface area contributed by atoms with Gasteiger partial charge in [0, 0.05) is 30.1 Å². The van der Waals surface area contributed by atoms with Crippen molar-refractivity contribution in [2.75, 3.05) is 11.9 Å². The van der Waals surface area contributed by atoms with E-state index < -0.39 is 0 Å². The number of nitrogens with one attached hydrogen (secondary N) is 2. The second kappa shape index (κ2) is 19.0. The first-order valence-corrected chi connectivity index (χ1v) is 15.6. The molecule has 0 radical (unpaired) electrons. The molecule has 0 amide bonds. The third-order valence-electron chi connectivity index (χ3n) is 7.06. The van der Waals surface area contributed by atoms with E-state index in [1.54, 1.807) is 6.92 Å². The molecule has 1 heterocycles. The first-order chi connectivity index (χ1) is 18.2. The summed E-state index contributed by atoms with van der Waals surface area (Å²) in [5.41, 5.74) is 5.47. The van der Waals surface area contributed by atoms with Gasteiger partial charge in [-0.25, -0.2) is 0 Å². The highest BCUT2D eigenvalue weighted by Gasteiger charge is 2.18. The van der Waals surface area contributed by atoms with Crippen LogP contribution in [0.25, 0.3) is 0 Å². The van der Waals surface area contributed by atoms with Crippen molar-refractivity contribution in [2.24, 2.45) is 0 Å². The van der Waals surface area contributed by atoms with Crippen LogP contribution in [0, 0.1) is 0 Å². The van der Waals surface area contributed by atoms with Gasteiger partial charge in [-0.05, 0) is 68.0 Å². The molecule has 3 nitrogen and oxygen atoms in total. The van der Waals surface area contributed by atoms with Crippen molar-refractivity contribution in [3.8, 4) is 0 Å². The number of carbonyl (C=O) groups excluding carboxylic acids is 1. The smallest absolute Gasteiger partial charge is 0.177 e. The summed E-state index contributed by atoms with van der Waals surface area (Å²) in [4.78, 5) is 12.0. The van der Waals surface area contributed by atoms with Gasteiger partial charge in [-0.3, -0.25) is 4.79 Å². The zero-order valence-corrected chi connectivity index (χ0v) is 26.3. The Balaban J connectivity index is 0.000000451. The monoisotopic (exact) mass is 538 g/mol. The molecule has 2 N–H and O–H groups in total. The lowest BCUT2D eigenvalue weighted by Gasteiger charge is -2.23. The Labute approximate surface area is 238 Å². The average Bonchev–Trinajstić information content (AvgIpc) is 3.39. The molecule has 1 fully saturated rings. The van der Waals surface area contributed by atoms with Gasteiger partial charge in [-0.15, -0.1) is 11.8 Å². The SMILES string of the molecule is C1CCC1.CC.CC1=CCCC=C1.CCC(C)(C)c1ccc(N/C(C)=C(\NCC2CC=CS2)C(C)=O)cc1. The van der Waals surface area contributed by atoms with Gasteiger partial charge in [0.1, 0.15) is 0 Å². The van der Waals surface area contributed by atoms with E-state index >= 15 is 0 Å². The number of carbonyl (C=O) groups is 1. The lowest BCUT2D eigenvalue weighted by molar-refractivity contribution is -0.114. The first kappa shape index (κ1) is 33.8. The summed E-state index contributed by atoms with van der Waals surface area (Å²) in [6, 6.07) is 8.51. The van der Waals surface area contributed by atoms with Crippen LogP contribution in [0.15, 0.2) is 70.9 Å². The molecule has 1 aromatic rings. The minimum atomic E-state index is 0.0599. The number of benzene rings is 1. The summed E-state index contributed by atoms with van der Waals surface area (Å²) in [5.74, 6) is 0.0599. The molecule has 2 aliphatic carbocycles. The van der Waals surface area contributed by atoms with Crippen molar-refractivity contribution >= 4 is 23.2 Å². The van der Waals surface area contributed by atoms with Crippen LogP contribution < -0.4 is 10.6 Å². The van der Waals surface area contributed by atoms with Crippen LogP contribution in [0.5, 0.6) is 0 Å². The van der Waals surface area contributed by atoms with Crippen molar-refractivity contribution in [3.63, 3.8) is 0 Å². The van der Waals surface area contributed by atoms with Crippen LogP contribution >= 0.6 is 11.8 Å². The number of hydrogen-bond acceptors (Lipinski definition) is 4. The maximum absolute atomic E-state index is 12.0. The Morgan fingerprint density at radius 1 is 1.00 bits per heavy atom. The molecular weight excluding hydrogens is 484 g/mol. The minimum absolute atomic E-state index is 0.0599. The Morgan fingerprint density at radius 3 is 2.03 bits per heavy atom. The van der Waals surface area contributed by atoms with Crippen molar-refractivity contribution in [1.29, 1.82) is 0 Å². The standard InChI is InChI=1S/C21H30N2OS.C7H10.C4H8.C2H6/c1-6-21(4,5)17-9-11-18(12-10-17)23-15(2)20(16(3)24)22-14-19-8-7-13-25-19;1-7-5-3-2-4-6-7;1-2-4-3-1;1-2/h7,9-13,19,22-23H,6,8,14H2,1-5H3;3,5-6H,2,4H2,1H3;1-4H2;1-2H3/b20-15-;;;. The molecule has 0 spiro atoms. The summed E-state index contributed by atoms with van der Waals surface area (Å²) in [7, 11) is 0. The number of anilines is 1. The van der Waals surface area contributed by atoms with Gasteiger partial charge < -0.3 is 10.6 Å². The third-order valence-corrected chi connectivity index (χ3v) is 8.16. The van der Waals surface area contributed by atoms with E-state index in [-0.39, 0.29) is 11.2 Å². The predicted octanol–water partition coefficient (Wildman–Crippen LogP) is 10.1. The summed E-state index contributed by atoms with van der Waals surface area (Å²) in [6.45, 7) is 17.2. The maximum Gasteiger partial charge on any atom is 0.177 e. The second-order valence-corrected chi connectivity index (χ2v) is 11.8. The predicted molar refractivity (Wildman–Crippen MR) is 172 cm³/mol. The molecule has 1 atom stereocenters. The molecule has 0 saturated heterocycles. The molecule has 1 unspecified atom stereocenters. The Hall–Kier alpha value is -2.20. The molecular formula is C34H54N2OS. The molecule has 38 heavy (non-hydrogen) atoms. The highest BCUT2D eigenvalue weighted by Crippen LogP contribution is 2.28. The Morgan fingerprint density at radius 2 is 1.63 bits per heavy atom. The first-order valence-electron chi connectivity index (χ1n) is 14.7. The van der Waals surface area contributed by atoms with E-state index in [4.69, 9.17) is 0 Å². The zero-order chi connectivity index (χ0) is 28.4. The van der Waals surface area contributed by atoms with E-state index in [1.165, 1.54) is 49.7 Å². The van der Waals surface area contributed by atoms with Crippen LogP contribution in [0.3, 0.4) is 0 Å². The van der Waals surface area contributed by atoms with Gasteiger partial charge in [-0.1, -0.05) is 102 Å². The van der Waals surface area contributed by atoms with Gasteiger partial charge in [-0.2, -0.15) is 0 Å². The van der Waals surface area contributed by atoms with Gasteiger partial charge in [0.2, 0.25) is 0 Å². The van der Waals surface area contributed by atoms with Gasteiger partial charge in [0.15, 0.2) is 5.78 Å². The lowest BCUT2D eigenvalue weighted by Crippen LogP contribution is -2.28. The minimum Gasteiger partial charge on any atom is -0.380 e. The zero-order valence-electron chi connectivity index (χ0n) is 25.5. The highest BCUT2D eigenvalue weighted by atomic mass is 32.2. The highest BCUT2D eigenvalue weighted by molar-refractivity contribution is 8.03. The normalized spacial score (nSPS) is 18.1. The molecule has 3 aliphatic rings. The summed E-state index contributed by atoms with van der Waals surface area (Å²) in [6.07, 6.45) is 19.5.